The highest BCUT2D eigenvalue weighted by atomic mass is 32.1. The van der Waals surface area contributed by atoms with Gasteiger partial charge < -0.3 is 24.4 Å². The van der Waals surface area contributed by atoms with E-state index in [1.165, 1.54) is 29.7 Å². The lowest BCUT2D eigenvalue weighted by atomic mass is 10.2. The SMILES string of the molecule is COC[C@@H](C)Oc1cc(C(=O)Nc2nccs2)cc(Oc2ccc(C(=O)N3CCNCC3)cn2)n1. The minimum absolute atomic E-state index is 0.0765. The van der Waals surface area contributed by atoms with Crippen LogP contribution in [0.2, 0.25) is 0 Å². The van der Waals surface area contributed by atoms with Gasteiger partial charge in [0.05, 0.1) is 17.7 Å². The molecule has 3 aromatic heterocycles. The van der Waals surface area contributed by atoms with Crippen molar-refractivity contribution in [3.8, 4) is 17.6 Å². The van der Waals surface area contributed by atoms with E-state index in [0.29, 0.717) is 30.4 Å². The number of nitrogens with zero attached hydrogens (tertiary/aromatic N) is 4. The van der Waals surface area contributed by atoms with Crippen molar-refractivity contribution in [2.24, 2.45) is 0 Å². The van der Waals surface area contributed by atoms with Crippen molar-refractivity contribution < 1.29 is 23.8 Å². The van der Waals surface area contributed by atoms with Crippen LogP contribution in [0.3, 0.4) is 0 Å². The fourth-order valence-electron chi connectivity index (χ4n) is 3.38. The molecule has 1 fully saturated rings. The molecule has 1 aliphatic rings. The van der Waals surface area contributed by atoms with E-state index in [0.717, 1.165) is 13.1 Å². The van der Waals surface area contributed by atoms with Gasteiger partial charge in [-0.25, -0.2) is 9.97 Å². The van der Waals surface area contributed by atoms with Crippen molar-refractivity contribution in [2.45, 2.75) is 13.0 Å². The van der Waals surface area contributed by atoms with Gasteiger partial charge in [0.15, 0.2) is 5.13 Å². The summed E-state index contributed by atoms with van der Waals surface area (Å²) in [7, 11) is 1.57. The molecule has 184 valence electrons. The predicted molar refractivity (Wildman–Crippen MR) is 129 cm³/mol. The number of aromatic nitrogens is 3. The van der Waals surface area contributed by atoms with Gasteiger partial charge in [0.25, 0.3) is 11.8 Å². The summed E-state index contributed by atoms with van der Waals surface area (Å²) in [4.78, 5) is 39.9. The first-order chi connectivity index (χ1) is 17.0. The molecule has 12 heteroatoms. The predicted octanol–water partition coefficient (Wildman–Crippen LogP) is 2.44. The zero-order valence-electron chi connectivity index (χ0n) is 19.4. The first-order valence-corrected chi connectivity index (χ1v) is 11.9. The quantitative estimate of drug-likeness (QED) is 0.457. The molecule has 0 saturated carbocycles. The van der Waals surface area contributed by atoms with E-state index >= 15 is 0 Å². The Morgan fingerprint density at radius 1 is 1.14 bits per heavy atom. The van der Waals surface area contributed by atoms with E-state index in [2.05, 4.69) is 25.6 Å². The number of hydrogen-bond donors (Lipinski definition) is 2. The summed E-state index contributed by atoms with van der Waals surface area (Å²) >= 11 is 1.31. The number of anilines is 1. The standard InChI is InChI=1S/C23H26N6O5S/c1-15(14-32-2)33-19-11-17(21(30)28-23-25-7-10-35-23)12-20(27-19)34-18-4-3-16(13-26-18)22(31)29-8-5-24-6-9-29/h3-4,7,10-13,15,24H,5-6,8-9,14H2,1-2H3,(H,25,28,30)/t15-/m1/s1. The van der Waals surface area contributed by atoms with Crippen LogP contribution in [0.4, 0.5) is 5.13 Å². The largest absolute Gasteiger partial charge is 0.472 e. The highest BCUT2D eigenvalue weighted by Gasteiger charge is 2.19. The van der Waals surface area contributed by atoms with Crippen LogP contribution in [0.25, 0.3) is 0 Å². The van der Waals surface area contributed by atoms with Crippen LogP contribution in [-0.2, 0) is 4.74 Å². The summed E-state index contributed by atoms with van der Waals surface area (Å²) < 4.78 is 16.7. The van der Waals surface area contributed by atoms with E-state index in [9.17, 15) is 9.59 Å². The number of methoxy groups -OCH3 is 1. The zero-order valence-corrected chi connectivity index (χ0v) is 20.2. The molecule has 4 heterocycles. The molecule has 2 amide bonds. The number of carbonyl (C=O) groups excluding carboxylic acids is 2. The number of hydrogen-bond acceptors (Lipinski definition) is 10. The Morgan fingerprint density at radius 2 is 1.94 bits per heavy atom. The zero-order chi connectivity index (χ0) is 24.6. The highest BCUT2D eigenvalue weighted by Crippen LogP contribution is 2.25. The molecule has 1 atom stereocenters. The molecule has 11 nitrogen and oxygen atoms in total. The monoisotopic (exact) mass is 498 g/mol. The first kappa shape index (κ1) is 24.5. The fraction of sp³-hybridized carbons (Fsp3) is 0.348. The van der Waals surface area contributed by atoms with Crippen molar-refractivity contribution in [1.82, 2.24) is 25.2 Å². The Kier molecular flexibility index (Phi) is 8.19. The average Bonchev–Trinajstić information content (AvgIpc) is 3.37. The van der Waals surface area contributed by atoms with Gasteiger partial charge in [-0.05, 0) is 13.0 Å². The van der Waals surface area contributed by atoms with Crippen molar-refractivity contribution in [3.05, 3.63) is 53.2 Å². The molecule has 0 aliphatic carbocycles. The maximum absolute atomic E-state index is 12.8. The number of thiazole rings is 1. The summed E-state index contributed by atoms with van der Waals surface area (Å²) in [5.74, 6) is 0.0726. The van der Waals surface area contributed by atoms with Gasteiger partial charge in [-0.1, -0.05) is 0 Å². The third-order valence-electron chi connectivity index (χ3n) is 5.01. The van der Waals surface area contributed by atoms with E-state index in [1.54, 1.807) is 35.7 Å². The minimum atomic E-state index is -0.388. The second kappa shape index (κ2) is 11.7. The number of carbonyl (C=O) groups is 2. The Morgan fingerprint density at radius 3 is 2.63 bits per heavy atom. The van der Waals surface area contributed by atoms with Crippen LogP contribution < -0.4 is 20.1 Å². The molecule has 0 unspecified atom stereocenters. The highest BCUT2D eigenvalue weighted by molar-refractivity contribution is 7.13. The molecule has 3 aromatic rings. The van der Waals surface area contributed by atoms with Gasteiger partial charge in [-0.3, -0.25) is 14.9 Å². The van der Waals surface area contributed by atoms with Gasteiger partial charge in [0.2, 0.25) is 17.6 Å². The van der Waals surface area contributed by atoms with Crippen LogP contribution in [0, 0.1) is 0 Å². The number of piperazine rings is 1. The van der Waals surface area contributed by atoms with E-state index < -0.39 is 0 Å². The molecular formula is C23H26N6O5S. The molecule has 0 spiro atoms. The number of pyridine rings is 2. The Bertz CT molecular complexity index is 1140. The topological polar surface area (TPSA) is 128 Å². The number of amides is 2. The Labute approximate surface area is 206 Å². The maximum Gasteiger partial charge on any atom is 0.257 e. The second-order valence-corrected chi connectivity index (χ2v) is 8.63. The van der Waals surface area contributed by atoms with Crippen LogP contribution in [0.1, 0.15) is 27.6 Å². The normalized spacial score (nSPS) is 14.3. The lowest BCUT2D eigenvalue weighted by Gasteiger charge is -2.27. The minimum Gasteiger partial charge on any atom is -0.472 e. The molecule has 1 aliphatic heterocycles. The van der Waals surface area contributed by atoms with E-state index in [4.69, 9.17) is 14.2 Å². The average molecular weight is 499 g/mol. The molecule has 35 heavy (non-hydrogen) atoms. The van der Waals surface area contributed by atoms with Crippen molar-refractivity contribution >= 4 is 28.3 Å². The van der Waals surface area contributed by atoms with E-state index in [1.807, 2.05) is 6.92 Å². The Balaban J connectivity index is 1.51. The lowest BCUT2D eigenvalue weighted by molar-refractivity contribution is 0.0735. The Hall–Kier alpha value is -3.61. The van der Waals surface area contributed by atoms with Gasteiger partial charge >= 0.3 is 0 Å². The fourth-order valence-corrected chi connectivity index (χ4v) is 3.90. The van der Waals surface area contributed by atoms with Crippen molar-refractivity contribution in [1.29, 1.82) is 0 Å². The summed E-state index contributed by atoms with van der Waals surface area (Å²) in [5, 5.41) is 8.18. The summed E-state index contributed by atoms with van der Waals surface area (Å²) in [5.41, 5.74) is 0.747. The van der Waals surface area contributed by atoms with Gasteiger partial charge in [-0.15, -0.1) is 11.3 Å². The summed E-state index contributed by atoms with van der Waals surface area (Å²) in [6, 6.07) is 6.25. The van der Waals surface area contributed by atoms with Crippen LogP contribution in [0.15, 0.2) is 42.0 Å². The van der Waals surface area contributed by atoms with Crippen LogP contribution in [0.5, 0.6) is 17.6 Å². The molecule has 0 aromatic carbocycles. The van der Waals surface area contributed by atoms with E-state index in [-0.39, 0.29) is 41.1 Å². The molecule has 1 saturated heterocycles. The van der Waals surface area contributed by atoms with Crippen molar-refractivity contribution in [2.75, 3.05) is 45.2 Å². The third kappa shape index (κ3) is 6.72. The molecular weight excluding hydrogens is 472 g/mol. The lowest BCUT2D eigenvalue weighted by Crippen LogP contribution is -2.46. The van der Waals surface area contributed by atoms with Gasteiger partial charge in [0, 0.05) is 69.3 Å². The maximum atomic E-state index is 12.8. The number of rotatable bonds is 9. The number of ether oxygens (including phenoxy) is 3. The molecule has 2 N–H and O–H groups in total. The second-order valence-electron chi connectivity index (χ2n) is 7.74. The van der Waals surface area contributed by atoms with Gasteiger partial charge in [-0.2, -0.15) is 4.98 Å². The van der Waals surface area contributed by atoms with Crippen LogP contribution in [-0.4, -0.2) is 77.7 Å². The summed E-state index contributed by atoms with van der Waals surface area (Å²) in [6.45, 7) is 5.02. The van der Waals surface area contributed by atoms with Gasteiger partial charge in [0.1, 0.15) is 6.10 Å². The molecule has 0 bridgehead atoms. The first-order valence-electron chi connectivity index (χ1n) is 11.0. The molecule has 0 radical (unpaired) electrons. The third-order valence-corrected chi connectivity index (χ3v) is 5.70. The number of nitrogens with one attached hydrogen (secondary N) is 2. The van der Waals surface area contributed by atoms with Crippen LogP contribution >= 0.6 is 11.3 Å². The molecule has 4 rings (SSSR count). The smallest absolute Gasteiger partial charge is 0.257 e. The van der Waals surface area contributed by atoms with Crippen molar-refractivity contribution in [3.63, 3.8) is 0 Å². The summed E-state index contributed by atoms with van der Waals surface area (Å²) in [6.07, 6.45) is 2.77.